The van der Waals surface area contributed by atoms with Crippen LogP contribution in [0.1, 0.15) is 45.7 Å². The lowest BCUT2D eigenvalue weighted by molar-refractivity contribution is 0.0933. The van der Waals surface area contributed by atoms with Crippen molar-refractivity contribution in [3.05, 3.63) is 94.7 Å². The number of aryl methyl sites for hydroxylation is 1. The van der Waals surface area contributed by atoms with Gasteiger partial charge >= 0.3 is 0 Å². The molecule has 0 fully saturated rings. The van der Waals surface area contributed by atoms with Crippen LogP contribution in [-0.4, -0.2) is 38.6 Å². The zero-order valence-corrected chi connectivity index (χ0v) is 20.4. The van der Waals surface area contributed by atoms with Crippen molar-refractivity contribution in [2.45, 2.75) is 25.4 Å². The highest BCUT2D eigenvalue weighted by atomic mass is 35.5. The molecule has 184 valence electrons. The summed E-state index contributed by atoms with van der Waals surface area (Å²) >= 11 is 6.09. The van der Waals surface area contributed by atoms with Crippen LogP contribution in [0.2, 0.25) is 5.02 Å². The first kappa shape index (κ1) is 23.8. The number of carbonyl (C=O) groups excluding carboxylic acids is 1. The Kier molecular flexibility index (Phi) is 6.84. The fourth-order valence-electron chi connectivity index (χ4n) is 4.20. The van der Waals surface area contributed by atoms with Crippen molar-refractivity contribution in [1.82, 2.24) is 24.8 Å². The van der Waals surface area contributed by atoms with Gasteiger partial charge < -0.3 is 21.1 Å². The molecule has 36 heavy (non-hydrogen) atoms. The first-order valence-electron chi connectivity index (χ1n) is 11.6. The number of rotatable bonds is 7. The molecule has 1 aliphatic rings. The molecule has 0 aliphatic carbocycles. The van der Waals surface area contributed by atoms with Gasteiger partial charge in [0.25, 0.3) is 5.91 Å². The summed E-state index contributed by atoms with van der Waals surface area (Å²) in [6.07, 6.45) is 5.76. The number of nitrogens with zero attached hydrogens (tertiary/aromatic N) is 4. The third-order valence-corrected chi connectivity index (χ3v) is 6.29. The van der Waals surface area contributed by atoms with Gasteiger partial charge in [0, 0.05) is 41.5 Å². The second kappa shape index (κ2) is 10.3. The molecule has 2 aromatic heterocycles. The molecule has 0 spiro atoms. The maximum Gasteiger partial charge on any atom is 0.272 e. The quantitative estimate of drug-likeness (QED) is 0.348. The summed E-state index contributed by atoms with van der Waals surface area (Å²) in [6, 6.07) is 14.9. The van der Waals surface area contributed by atoms with Crippen LogP contribution in [0, 0.1) is 6.92 Å². The minimum absolute atomic E-state index is 0.0364. The predicted molar refractivity (Wildman–Crippen MR) is 138 cm³/mol. The Morgan fingerprint density at radius 1 is 1.25 bits per heavy atom. The number of fused-ring (bicyclic) bond motifs is 1. The molecule has 3 heterocycles. The van der Waals surface area contributed by atoms with Crippen LogP contribution in [-0.2, 0) is 0 Å². The fourth-order valence-corrected chi connectivity index (χ4v) is 4.40. The lowest BCUT2D eigenvalue weighted by Crippen LogP contribution is -2.33. The maximum absolute atomic E-state index is 12.9. The standard InChI is InChI=1S/C26H26ClN7O2/c1-16-13-29-26(32-20-9-10-36-23-8-3-2-7-19(20)23)33-24(16)34-14-22(30-15-34)25(35)31-21(12-28)17-5-4-6-18(27)11-17/h2-8,11,13-15,20-21H,9-10,12,28H2,1H3,(H,31,35)(H,29,32,33). The second-order valence-corrected chi connectivity index (χ2v) is 8.99. The number of anilines is 1. The number of imidazole rings is 1. The molecule has 1 aliphatic heterocycles. The van der Waals surface area contributed by atoms with Gasteiger partial charge in [-0.05, 0) is 30.7 Å². The number of hydrogen-bond acceptors (Lipinski definition) is 7. The summed E-state index contributed by atoms with van der Waals surface area (Å²) in [7, 11) is 0. The van der Waals surface area contributed by atoms with Gasteiger partial charge in [-0.25, -0.2) is 9.97 Å². The number of halogens is 1. The molecule has 5 rings (SSSR count). The molecule has 4 aromatic rings. The van der Waals surface area contributed by atoms with E-state index in [1.165, 1.54) is 0 Å². The average molecular weight is 504 g/mol. The van der Waals surface area contributed by atoms with Crippen molar-refractivity contribution < 1.29 is 9.53 Å². The van der Waals surface area contributed by atoms with Crippen molar-refractivity contribution in [3.8, 4) is 11.6 Å². The van der Waals surface area contributed by atoms with Gasteiger partial charge in [0.2, 0.25) is 5.95 Å². The van der Waals surface area contributed by atoms with Crippen LogP contribution < -0.4 is 21.1 Å². The van der Waals surface area contributed by atoms with Gasteiger partial charge in [0.1, 0.15) is 23.6 Å². The third kappa shape index (κ3) is 5.02. The van der Waals surface area contributed by atoms with Gasteiger partial charge in [0.05, 0.1) is 18.7 Å². The number of nitrogens with two attached hydrogens (primary N) is 1. The average Bonchev–Trinajstić information content (AvgIpc) is 3.39. The van der Waals surface area contributed by atoms with Crippen molar-refractivity contribution in [2.24, 2.45) is 5.73 Å². The maximum atomic E-state index is 12.9. The Morgan fingerprint density at radius 3 is 2.94 bits per heavy atom. The topological polar surface area (TPSA) is 120 Å². The normalized spacial score (nSPS) is 15.5. The number of aromatic nitrogens is 4. The van der Waals surface area contributed by atoms with Crippen LogP contribution in [0.15, 0.2) is 67.3 Å². The Hall–Kier alpha value is -3.95. The zero-order valence-electron chi connectivity index (χ0n) is 19.7. The molecule has 0 saturated carbocycles. The van der Waals surface area contributed by atoms with E-state index in [9.17, 15) is 4.79 Å². The molecule has 0 saturated heterocycles. The van der Waals surface area contributed by atoms with E-state index in [4.69, 9.17) is 27.1 Å². The molecule has 2 atom stereocenters. The number of hydrogen-bond donors (Lipinski definition) is 3. The van der Waals surface area contributed by atoms with Crippen LogP contribution >= 0.6 is 11.6 Å². The van der Waals surface area contributed by atoms with Crippen molar-refractivity contribution in [1.29, 1.82) is 0 Å². The Labute approximate surface area is 213 Å². The van der Waals surface area contributed by atoms with Crippen LogP contribution in [0.4, 0.5) is 5.95 Å². The van der Waals surface area contributed by atoms with Crippen LogP contribution in [0.3, 0.4) is 0 Å². The highest BCUT2D eigenvalue weighted by Crippen LogP contribution is 2.33. The number of carbonyl (C=O) groups is 1. The van der Waals surface area contributed by atoms with E-state index in [1.807, 2.05) is 43.3 Å². The van der Waals surface area contributed by atoms with Gasteiger partial charge in [-0.3, -0.25) is 9.36 Å². The van der Waals surface area contributed by atoms with E-state index in [0.29, 0.717) is 23.4 Å². The minimum Gasteiger partial charge on any atom is -0.493 e. The first-order chi connectivity index (χ1) is 17.5. The highest BCUT2D eigenvalue weighted by Gasteiger charge is 2.22. The monoisotopic (exact) mass is 503 g/mol. The Bertz CT molecular complexity index is 1390. The number of amides is 1. The third-order valence-electron chi connectivity index (χ3n) is 6.06. The smallest absolute Gasteiger partial charge is 0.272 e. The molecule has 1 amide bonds. The molecule has 9 nitrogen and oxygen atoms in total. The summed E-state index contributed by atoms with van der Waals surface area (Å²) < 4.78 is 7.47. The van der Waals surface area contributed by atoms with E-state index >= 15 is 0 Å². The highest BCUT2D eigenvalue weighted by molar-refractivity contribution is 6.30. The van der Waals surface area contributed by atoms with Gasteiger partial charge in [-0.15, -0.1) is 0 Å². The number of ether oxygens (including phenoxy) is 1. The first-order valence-corrected chi connectivity index (χ1v) is 12.0. The number of nitrogens with one attached hydrogen (secondary N) is 2. The van der Waals surface area contributed by atoms with Crippen molar-refractivity contribution in [2.75, 3.05) is 18.5 Å². The second-order valence-electron chi connectivity index (χ2n) is 8.56. The summed E-state index contributed by atoms with van der Waals surface area (Å²) in [5.41, 5.74) is 8.90. The molecule has 0 radical (unpaired) electrons. The SMILES string of the molecule is Cc1cnc(NC2CCOc3ccccc32)nc1-n1cnc(C(=O)NC(CN)c2cccc(Cl)c2)c1. The van der Waals surface area contributed by atoms with Gasteiger partial charge in [-0.2, -0.15) is 4.98 Å². The molecule has 2 unspecified atom stereocenters. The van der Waals surface area contributed by atoms with E-state index in [2.05, 4.69) is 20.6 Å². The molecular formula is C26H26ClN7O2. The van der Waals surface area contributed by atoms with Crippen LogP contribution in [0.25, 0.3) is 5.82 Å². The molecule has 2 aromatic carbocycles. The zero-order chi connectivity index (χ0) is 25.1. The molecule has 10 heteroatoms. The number of benzene rings is 2. The van der Waals surface area contributed by atoms with E-state index in [0.717, 1.165) is 28.9 Å². The lowest BCUT2D eigenvalue weighted by Gasteiger charge is -2.26. The molecule has 0 bridgehead atoms. The van der Waals surface area contributed by atoms with Crippen molar-refractivity contribution in [3.63, 3.8) is 0 Å². The minimum atomic E-state index is -0.389. The van der Waals surface area contributed by atoms with E-state index < -0.39 is 0 Å². The van der Waals surface area contributed by atoms with Gasteiger partial charge in [-0.1, -0.05) is 41.9 Å². The summed E-state index contributed by atoms with van der Waals surface area (Å²) in [4.78, 5) is 26.4. The van der Waals surface area contributed by atoms with E-state index in [1.54, 1.807) is 35.4 Å². The summed E-state index contributed by atoms with van der Waals surface area (Å²) in [5, 5.41) is 6.93. The Balaban J connectivity index is 1.34. The van der Waals surface area contributed by atoms with Crippen LogP contribution in [0.5, 0.6) is 5.75 Å². The summed E-state index contributed by atoms with van der Waals surface area (Å²) in [6.45, 7) is 2.75. The van der Waals surface area contributed by atoms with Crippen molar-refractivity contribution >= 4 is 23.5 Å². The number of para-hydroxylation sites is 1. The Morgan fingerprint density at radius 2 is 2.11 bits per heavy atom. The summed E-state index contributed by atoms with van der Waals surface area (Å²) in [5.74, 6) is 1.64. The van der Waals surface area contributed by atoms with E-state index in [-0.39, 0.29) is 30.2 Å². The van der Waals surface area contributed by atoms with Gasteiger partial charge in [0.15, 0.2) is 0 Å². The molecule has 4 N–H and O–H groups in total. The predicted octanol–water partition coefficient (Wildman–Crippen LogP) is 3.99. The largest absolute Gasteiger partial charge is 0.493 e. The lowest BCUT2D eigenvalue weighted by atomic mass is 10.0. The molecular weight excluding hydrogens is 478 g/mol. The fraction of sp³-hybridized carbons (Fsp3) is 0.231.